The van der Waals surface area contributed by atoms with Gasteiger partial charge < -0.3 is 9.80 Å². The number of rotatable bonds is 2. The van der Waals surface area contributed by atoms with Crippen molar-refractivity contribution in [3.63, 3.8) is 0 Å². The summed E-state index contributed by atoms with van der Waals surface area (Å²) in [6.07, 6.45) is -3.64. The van der Waals surface area contributed by atoms with E-state index in [0.29, 0.717) is 26.2 Å². The van der Waals surface area contributed by atoms with E-state index in [0.717, 1.165) is 12.5 Å². The molecule has 0 aliphatic carbocycles. The predicted octanol–water partition coefficient (Wildman–Crippen LogP) is 2.89. The molecule has 0 spiro atoms. The largest absolute Gasteiger partial charge is 0.433 e. The number of amides is 1. The van der Waals surface area contributed by atoms with Crippen LogP contribution < -0.4 is 4.90 Å². The molecule has 4 heterocycles. The van der Waals surface area contributed by atoms with Gasteiger partial charge in [-0.25, -0.2) is 9.97 Å². The highest BCUT2D eigenvalue weighted by atomic mass is 32.1. The quantitative estimate of drug-likeness (QED) is 0.802. The van der Waals surface area contributed by atoms with Crippen molar-refractivity contribution in [3.05, 3.63) is 39.5 Å². The summed E-state index contributed by atoms with van der Waals surface area (Å²) >= 11 is 1.72. The van der Waals surface area contributed by atoms with Crippen LogP contribution in [-0.4, -0.2) is 40.4 Å². The fourth-order valence-electron chi connectivity index (χ4n) is 3.38. The molecule has 0 bridgehead atoms. The summed E-state index contributed by atoms with van der Waals surface area (Å²) in [4.78, 5) is 25.1. The maximum atomic E-state index is 12.9. The number of nitrogens with zero attached hydrogens (tertiary/aromatic N) is 4. The smallest absolute Gasteiger partial charge is 0.355 e. The molecular formula is C17H17F3N4OS. The Kier molecular flexibility index (Phi) is 4.13. The second-order valence-electron chi connectivity index (χ2n) is 6.64. The Bertz CT molecular complexity index is 845. The molecule has 2 aliphatic heterocycles. The van der Waals surface area contributed by atoms with Gasteiger partial charge >= 0.3 is 6.18 Å². The standard InChI is InChI=1S/C17H17F3N4OS/c1-10-21-14(17(18,19)20)6-15(22-10)24-8-12(9-24)16(25)23-4-2-13-11(7-23)3-5-26-13/h3,5-6,12H,2,4,7-9H2,1H3. The highest BCUT2D eigenvalue weighted by Crippen LogP contribution is 2.32. The molecule has 4 rings (SSSR count). The topological polar surface area (TPSA) is 49.3 Å². The highest BCUT2D eigenvalue weighted by Gasteiger charge is 2.39. The van der Waals surface area contributed by atoms with Gasteiger partial charge in [-0.05, 0) is 30.4 Å². The van der Waals surface area contributed by atoms with E-state index in [1.165, 1.54) is 17.4 Å². The predicted molar refractivity (Wildman–Crippen MR) is 90.9 cm³/mol. The summed E-state index contributed by atoms with van der Waals surface area (Å²) in [7, 11) is 0. The van der Waals surface area contributed by atoms with Gasteiger partial charge in [0.1, 0.15) is 17.3 Å². The average molecular weight is 382 g/mol. The fraction of sp³-hybridized carbons (Fsp3) is 0.471. The lowest BCUT2D eigenvalue weighted by molar-refractivity contribution is -0.141. The van der Waals surface area contributed by atoms with Crippen LogP contribution in [0.25, 0.3) is 0 Å². The molecule has 2 aliphatic rings. The van der Waals surface area contributed by atoms with Gasteiger partial charge in [0.15, 0.2) is 0 Å². The molecule has 0 unspecified atom stereocenters. The molecule has 0 saturated carbocycles. The van der Waals surface area contributed by atoms with Crippen LogP contribution in [-0.2, 0) is 23.9 Å². The number of halogens is 3. The van der Waals surface area contributed by atoms with Crippen LogP contribution in [0.2, 0.25) is 0 Å². The van der Waals surface area contributed by atoms with E-state index in [-0.39, 0.29) is 23.5 Å². The SMILES string of the molecule is Cc1nc(N2CC(C(=O)N3CCc4sccc4C3)C2)cc(C(F)(F)F)n1. The molecule has 2 aromatic heterocycles. The van der Waals surface area contributed by atoms with E-state index in [9.17, 15) is 18.0 Å². The molecule has 0 radical (unpaired) electrons. The molecule has 9 heteroatoms. The van der Waals surface area contributed by atoms with Crippen LogP contribution in [0.5, 0.6) is 0 Å². The van der Waals surface area contributed by atoms with Gasteiger partial charge in [-0.1, -0.05) is 0 Å². The number of anilines is 1. The van der Waals surface area contributed by atoms with Gasteiger partial charge in [-0.3, -0.25) is 4.79 Å². The second-order valence-corrected chi connectivity index (χ2v) is 7.64. The van der Waals surface area contributed by atoms with Gasteiger partial charge in [0.05, 0.1) is 5.92 Å². The number of hydrogen-bond donors (Lipinski definition) is 0. The summed E-state index contributed by atoms with van der Waals surface area (Å²) < 4.78 is 38.7. The summed E-state index contributed by atoms with van der Waals surface area (Å²) in [5.74, 6) is 0.179. The number of fused-ring (bicyclic) bond motifs is 1. The van der Waals surface area contributed by atoms with Crippen molar-refractivity contribution in [2.75, 3.05) is 24.5 Å². The third-order valence-corrected chi connectivity index (χ3v) is 5.81. The van der Waals surface area contributed by atoms with Crippen LogP contribution in [0.1, 0.15) is 22.0 Å². The van der Waals surface area contributed by atoms with Gasteiger partial charge in [0.2, 0.25) is 5.91 Å². The van der Waals surface area contributed by atoms with Crippen molar-refractivity contribution < 1.29 is 18.0 Å². The van der Waals surface area contributed by atoms with Crippen molar-refractivity contribution in [1.29, 1.82) is 0 Å². The number of alkyl halides is 3. The normalized spacial score (nSPS) is 17.8. The van der Waals surface area contributed by atoms with E-state index in [4.69, 9.17) is 0 Å². The fourth-order valence-corrected chi connectivity index (χ4v) is 4.27. The lowest BCUT2D eigenvalue weighted by Gasteiger charge is -2.42. The van der Waals surface area contributed by atoms with E-state index in [1.54, 1.807) is 16.2 Å². The Balaban J connectivity index is 1.41. The van der Waals surface area contributed by atoms with Crippen LogP contribution in [0.15, 0.2) is 17.5 Å². The Morgan fingerprint density at radius 1 is 1.31 bits per heavy atom. The van der Waals surface area contributed by atoms with Crippen LogP contribution in [0, 0.1) is 12.8 Å². The Hall–Kier alpha value is -2.16. The zero-order valence-electron chi connectivity index (χ0n) is 14.1. The van der Waals surface area contributed by atoms with Crippen molar-refractivity contribution in [2.24, 2.45) is 5.92 Å². The molecule has 0 aromatic carbocycles. The number of carbonyl (C=O) groups excluding carboxylic acids is 1. The van der Waals surface area contributed by atoms with Crippen LogP contribution >= 0.6 is 11.3 Å². The first kappa shape index (κ1) is 17.3. The Morgan fingerprint density at radius 3 is 2.81 bits per heavy atom. The lowest BCUT2D eigenvalue weighted by Crippen LogP contribution is -2.55. The minimum absolute atomic E-state index is 0.0694. The molecule has 0 N–H and O–H groups in total. The maximum absolute atomic E-state index is 12.9. The van der Waals surface area contributed by atoms with Gasteiger partial charge in [0, 0.05) is 37.1 Å². The van der Waals surface area contributed by atoms with E-state index in [1.807, 2.05) is 10.3 Å². The van der Waals surface area contributed by atoms with E-state index >= 15 is 0 Å². The molecule has 1 amide bonds. The van der Waals surface area contributed by atoms with Crippen molar-refractivity contribution in [3.8, 4) is 0 Å². The monoisotopic (exact) mass is 382 g/mol. The summed E-state index contributed by atoms with van der Waals surface area (Å²) in [5.41, 5.74) is 0.253. The first-order valence-corrected chi connectivity index (χ1v) is 9.21. The molecule has 1 fully saturated rings. The van der Waals surface area contributed by atoms with Gasteiger partial charge in [0.25, 0.3) is 0 Å². The average Bonchev–Trinajstić information content (AvgIpc) is 2.99. The Morgan fingerprint density at radius 2 is 2.08 bits per heavy atom. The molecule has 5 nitrogen and oxygen atoms in total. The minimum Gasteiger partial charge on any atom is -0.355 e. The van der Waals surface area contributed by atoms with Crippen LogP contribution in [0.4, 0.5) is 19.0 Å². The third-order valence-electron chi connectivity index (χ3n) is 4.79. The number of thiophene rings is 1. The number of hydrogen-bond acceptors (Lipinski definition) is 5. The first-order valence-electron chi connectivity index (χ1n) is 8.33. The molecular weight excluding hydrogens is 365 g/mol. The zero-order chi connectivity index (χ0) is 18.5. The highest BCUT2D eigenvalue weighted by molar-refractivity contribution is 7.10. The van der Waals surface area contributed by atoms with Crippen molar-refractivity contribution >= 4 is 23.1 Å². The molecule has 138 valence electrons. The minimum atomic E-state index is -4.51. The molecule has 1 saturated heterocycles. The second kappa shape index (κ2) is 6.22. The molecule has 26 heavy (non-hydrogen) atoms. The zero-order valence-corrected chi connectivity index (χ0v) is 14.9. The maximum Gasteiger partial charge on any atom is 0.433 e. The number of aryl methyl sites for hydroxylation is 1. The summed E-state index contributed by atoms with van der Waals surface area (Å²) in [5, 5.41) is 2.04. The lowest BCUT2D eigenvalue weighted by atomic mass is 9.97. The summed E-state index contributed by atoms with van der Waals surface area (Å²) in [6, 6.07) is 3.00. The molecule has 0 atom stereocenters. The van der Waals surface area contributed by atoms with Crippen molar-refractivity contribution in [2.45, 2.75) is 26.1 Å². The Labute approximate surface area is 152 Å². The first-order chi connectivity index (χ1) is 12.3. The molecule has 2 aromatic rings. The van der Waals surface area contributed by atoms with Crippen LogP contribution in [0.3, 0.4) is 0 Å². The van der Waals surface area contributed by atoms with Gasteiger partial charge in [-0.2, -0.15) is 13.2 Å². The van der Waals surface area contributed by atoms with E-state index in [2.05, 4.69) is 16.0 Å². The van der Waals surface area contributed by atoms with Crippen molar-refractivity contribution in [1.82, 2.24) is 14.9 Å². The van der Waals surface area contributed by atoms with Gasteiger partial charge in [-0.15, -0.1) is 11.3 Å². The third kappa shape index (κ3) is 3.15. The number of carbonyl (C=O) groups is 1. The van der Waals surface area contributed by atoms with E-state index < -0.39 is 11.9 Å². The summed E-state index contributed by atoms with van der Waals surface area (Å²) in [6.45, 7) is 3.54. The number of aromatic nitrogens is 2.